The maximum Gasteiger partial charge on any atom is 0.306 e. The predicted molar refractivity (Wildman–Crippen MR) is 293 cm³/mol. The van der Waals surface area contributed by atoms with Gasteiger partial charge in [-0.2, -0.15) is 0 Å². The number of carbonyl (C=O) groups excluding carboxylic acids is 3. The molecule has 6 heteroatoms. The number of carbonyl (C=O) groups is 3. The Balaban J connectivity index is 4.32. The molecule has 0 amide bonds. The molecule has 0 saturated heterocycles. The van der Waals surface area contributed by atoms with Gasteiger partial charge in [0.05, 0.1) is 0 Å². The first kappa shape index (κ1) is 65.9. The zero-order chi connectivity index (χ0) is 49.3. The highest BCUT2D eigenvalue weighted by Crippen LogP contribution is 2.18. The zero-order valence-electron chi connectivity index (χ0n) is 45.9. The lowest BCUT2D eigenvalue weighted by Gasteiger charge is -2.18. The highest BCUT2D eigenvalue weighted by Gasteiger charge is 2.19. The number of hydrogen-bond donors (Lipinski definition) is 0. The van der Waals surface area contributed by atoms with Gasteiger partial charge in [-0.05, 0) is 38.5 Å². The normalized spacial score (nSPS) is 12.1. The van der Waals surface area contributed by atoms with E-state index in [0.717, 1.165) is 51.4 Å². The molecule has 0 aromatic heterocycles. The van der Waals surface area contributed by atoms with Crippen LogP contribution in [0.2, 0.25) is 0 Å². The minimum Gasteiger partial charge on any atom is -0.462 e. The van der Waals surface area contributed by atoms with Crippen LogP contribution >= 0.6 is 0 Å². The van der Waals surface area contributed by atoms with Gasteiger partial charge in [0.1, 0.15) is 13.2 Å². The molecular weight excluding hydrogens is 841 g/mol. The molecule has 400 valence electrons. The second-order valence-corrected chi connectivity index (χ2v) is 20.6. The van der Waals surface area contributed by atoms with Gasteiger partial charge in [-0.25, -0.2) is 0 Å². The number of ether oxygens (including phenoxy) is 3. The summed E-state index contributed by atoms with van der Waals surface area (Å²) in [7, 11) is 0. The molecule has 0 N–H and O–H groups in total. The van der Waals surface area contributed by atoms with Gasteiger partial charge in [-0.3, -0.25) is 14.4 Å². The number of hydrogen-bond acceptors (Lipinski definition) is 6. The summed E-state index contributed by atoms with van der Waals surface area (Å²) in [5.41, 5.74) is 0. The topological polar surface area (TPSA) is 78.9 Å². The van der Waals surface area contributed by atoms with Gasteiger partial charge in [0.15, 0.2) is 6.10 Å². The van der Waals surface area contributed by atoms with Crippen molar-refractivity contribution in [1.82, 2.24) is 0 Å². The SMILES string of the molecule is CCCCCCCC/C=C\C/C=C\CCC(=O)OCC(COC(=O)CCCCCCCCCCCCCCCCCCCCC)OC(=O)CCCCCCCCCCCCCCCCCCCC. The lowest BCUT2D eigenvalue weighted by molar-refractivity contribution is -0.166. The van der Waals surface area contributed by atoms with Crippen LogP contribution in [0, 0.1) is 0 Å². The first-order chi connectivity index (χ1) is 33.5. The highest BCUT2D eigenvalue weighted by atomic mass is 16.6. The Morgan fingerprint density at radius 3 is 0.897 bits per heavy atom. The molecule has 0 aliphatic rings. The van der Waals surface area contributed by atoms with Crippen molar-refractivity contribution in [2.75, 3.05) is 13.2 Å². The molecule has 0 aliphatic carbocycles. The molecule has 0 aromatic carbocycles. The van der Waals surface area contributed by atoms with Crippen LogP contribution in [-0.2, 0) is 28.6 Å². The van der Waals surface area contributed by atoms with Crippen LogP contribution in [0.3, 0.4) is 0 Å². The minimum absolute atomic E-state index is 0.0823. The van der Waals surface area contributed by atoms with Gasteiger partial charge < -0.3 is 14.2 Å². The largest absolute Gasteiger partial charge is 0.462 e. The molecule has 68 heavy (non-hydrogen) atoms. The van der Waals surface area contributed by atoms with Crippen molar-refractivity contribution < 1.29 is 28.6 Å². The Labute approximate surface area is 423 Å². The molecule has 1 unspecified atom stereocenters. The van der Waals surface area contributed by atoms with Crippen molar-refractivity contribution in [1.29, 1.82) is 0 Å². The summed E-state index contributed by atoms with van der Waals surface area (Å²) in [4.78, 5) is 38.1. The fourth-order valence-electron chi connectivity index (χ4n) is 9.15. The molecule has 0 bridgehead atoms. The molecule has 0 saturated carbocycles. The molecule has 0 fully saturated rings. The first-order valence-electron chi connectivity index (χ1n) is 30.3. The summed E-state index contributed by atoms with van der Waals surface area (Å²) in [5, 5.41) is 0. The third kappa shape index (κ3) is 54.8. The fraction of sp³-hybridized carbons (Fsp3) is 0.887. The van der Waals surface area contributed by atoms with E-state index in [1.807, 2.05) is 6.08 Å². The van der Waals surface area contributed by atoms with Crippen LogP contribution in [0.1, 0.15) is 335 Å². The van der Waals surface area contributed by atoms with Crippen molar-refractivity contribution in [3.63, 3.8) is 0 Å². The van der Waals surface area contributed by atoms with E-state index in [4.69, 9.17) is 14.2 Å². The lowest BCUT2D eigenvalue weighted by Crippen LogP contribution is -2.30. The second kappa shape index (κ2) is 57.5. The summed E-state index contributed by atoms with van der Waals surface area (Å²) in [5.74, 6) is -0.929. The average Bonchev–Trinajstić information content (AvgIpc) is 3.34. The number of esters is 3. The van der Waals surface area contributed by atoms with E-state index < -0.39 is 6.10 Å². The molecule has 0 spiro atoms. The van der Waals surface area contributed by atoms with Gasteiger partial charge >= 0.3 is 17.9 Å². The minimum atomic E-state index is -0.789. The smallest absolute Gasteiger partial charge is 0.306 e. The summed E-state index contributed by atoms with van der Waals surface area (Å²) in [6.45, 7) is 6.64. The van der Waals surface area contributed by atoms with Crippen molar-refractivity contribution >= 4 is 17.9 Å². The molecular formula is C62H116O6. The average molecular weight is 958 g/mol. The van der Waals surface area contributed by atoms with Crippen molar-refractivity contribution in [2.24, 2.45) is 0 Å². The van der Waals surface area contributed by atoms with Gasteiger partial charge in [0.25, 0.3) is 0 Å². The molecule has 0 rings (SSSR count). The summed E-state index contributed by atoms with van der Waals surface area (Å²) < 4.78 is 16.8. The second-order valence-electron chi connectivity index (χ2n) is 20.6. The van der Waals surface area contributed by atoms with Crippen LogP contribution in [0.4, 0.5) is 0 Å². The van der Waals surface area contributed by atoms with Crippen molar-refractivity contribution in [3.8, 4) is 0 Å². The Morgan fingerprint density at radius 1 is 0.294 bits per heavy atom. The molecule has 6 nitrogen and oxygen atoms in total. The van der Waals surface area contributed by atoms with Gasteiger partial charge in [0.2, 0.25) is 0 Å². The van der Waals surface area contributed by atoms with Crippen LogP contribution in [0.15, 0.2) is 24.3 Å². The Kier molecular flexibility index (Phi) is 55.7. The quantitative estimate of drug-likeness (QED) is 0.0262. The maximum atomic E-state index is 12.9. The first-order valence-corrected chi connectivity index (χ1v) is 30.3. The summed E-state index contributed by atoms with van der Waals surface area (Å²) >= 11 is 0. The predicted octanol–water partition coefficient (Wildman–Crippen LogP) is 20.3. The number of unbranched alkanes of at least 4 members (excludes halogenated alkanes) is 41. The standard InChI is InChI=1S/C62H116O6/c1-4-7-10-13-16-19-22-25-27-29-31-33-34-37-40-43-46-49-52-55-61(64)67-58-59(57-66-60(63)54-51-48-45-42-39-36-24-21-18-15-12-9-6-3)68-62(65)56-53-50-47-44-41-38-35-32-30-28-26-23-20-17-14-11-8-5-2/h36,39,45,48,59H,4-35,37-38,40-44,46-47,49-58H2,1-3H3/b39-36-,48-45-. The van der Waals surface area contributed by atoms with Crippen LogP contribution in [0.25, 0.3) is 0 Å². The van der Waals surface area contributed by atoms with Crippen molar-refractivity contribution in [2.45, 2.75) is 341 Å². The molecule has 0 radical (unpaired) electrons. The van der Waals surface area contributed by atoms with E-state index in [1.165, 1.54) is 238 Å². The van der Waals surface area contributed by atoms with E-state index in [1.54, 1.807) is 0 Å². The molecule has 0 aromatic rings. The summed E-state index contributed by atoms with van der Waals surface area (Å²) in [6, 6.07) is 0. The lowest BCUT2D eigenvalue weighted by atomic mass is 10.0. The monoisotopic (exact) mass is 957 g/mol. The van der Waals surface area contributed by atoms with E-state index in [-0.39, 0.29) is 37.5 Å². The van der Waals surface area contributed by atoms with Crippen molar-refractivity contribution in [3.05, 3.63) is 24.3 Å². The van der Waals surface area contributed by atoms with Crippen LogP contribution in [-0.4, -0.2) is 37.2 Å². The summed E-state index contributed by atoms with van der Waals surface area (Å²) in [6.07, 6.45) is 67.6. The van der Waals surface area contributed by atoms with Gasteiger partial charge in [-0.1, -0.05) is 302 Å². The molecule has 0 aliphatic heterocycles. The molecule has 0 heterocycles. The highest BCUT2D eigenvalue weighted by molar-refractivity contribution is 5.71. The van der Waals surface area contributed by atoms with E-state index in [2.05, 4.69) is 39.0 Å². The molecule has 1 atom stereocenters. The number of allylic oxidation sites excluding steroid dienone is 4. The Morgan fingerprint density at radius 2 is 0.559 bits per heavy atom. The Bertz CT molecular complexity index is 1100. The number of rotatable bonds is 56. The van der Waals surface area contributed by atoms with E-state index in [0.29, 0.717) is 19.3 Å². The third-order valence-electron chi connectivity index (χ3n) is 13.7. The van der Waals surface area contributed by atoms with E-state index in [9.17, 15) is 14.4 Å². The van der Waals surface area contributed by atoms with Gasteiger partial charge in [0, 0.05) is 19.3 Å². The zero-order valence-corrected chi connectivity index (χ0v) is 45.9. The van der Waals surface area contributed by atoms with Crippen LogP contribution in [0.5, 0.6) is 0 Å². The fourth-order valence-corrected chi connectivity index (χ4v) is 9.15. The Hall–Kier alpha value is -2.11. The third-order valence-corrected chi connectivity index (χ3v) is 13.7. The maximum absolute atomic E-state index is 12.9. The van der Waals surface area contributed by atoms with Crippen LogP contribution < -0.4 is 0 Å². The van der Waals surface area contributed by atoms with E-state index >= 15 is 0 Å². The van der Waals surface area contributed by atoms with Gasteiger partial charge in [-0.15, -0.1) is 0 Å².